The van der Waals surface area contributed by atoms with Gasteiger partial charge in [-0.25, -0.2) is 0 Å². The highest BCUT2D eigenvalue weighted by Crippen LogP contribution is 2.32. The highest BCUT2D eigenvalue weighted by molar-refractivity contribution is 5.91. The first-order valence-electron chi connectivity index (χ1n) is 6.16. The second-order valence-electron chi connectivity index (χ2n) is 4.44. The van der Waals surface area contributed by atoms with Crippen LogP contribution in [0.5, 0.6) is 5.75 Å². The Hall–Kier alpha value is -2.01. The van der Waals surface area contributed by atoms with Crippen LogP contribution in [0, 0.1) is 6.92 Å². The van der Waals surface area contributed by atoms with Crippen LogP contribution in [0.2, 0.25) is 0 Å². The minimum Gasteiger partial charge on any atom is -0.497 e. The fourth-order valence-corrected chi connectivity index (χ4v) is 2.53. The zero-order valence-electron chi connectivity index (χ0n) is 11.3. The van der Waals surface area contributed by atoms with Gasteiger partial charge >= 0.3 is 5.97 Å². The van der Waals surface area contributed by atoms with Gasteiger partial charge in [0.05, 0.1) is 12.6 Å². The first-order chi connectivity index (χ1) is 9.01. The molecule has 102 valence electrons. The van der Waals surface area contributed by atoms with Gasteiger partial charge in [0.1, 0.15) is 11.8 Å². The van der Waals surface area contributed by atoms with Gasteiger partial charge in [0.2, 0.25) is 0 Å². The quantitative estimate of drug-likeness (QED) is 0.884. The van der Waals surface area contributed by atoms with E-state index in [9.17, 15) is 4.79 Å². The fourth-order valence-electron chi connectivity index (χ4n) is 2.53. The molecule has 1 aromatic carbocycles. The average molecular weight is 262 g/mol. The molecule has 0 aliphatic heterocycles. The maximum absolute atomic E-state index is 11.2. The Labute approximate surface area is 111 Å². The summed E-state index contributed by atoms with van der Waals surface area (Å²) in [6.07, 6.45) is 0. The van der Waals surface area contributed by atoms with Gasteiger partial charge in [-0.1, -0.05) is 0 Å². The van der Waals surface area contributed by atoms with Crippen LogP contribution in [0.3, 0.4) is 0 Å². The molecule has 0 amide bonds. The molecule has 0 bridgehead atoms. The minimum absolute atomic E-state index is 0.673. The molecule has 1 atom stereocenters. The number of benzene rings is 1. The van der Waals surface area contributed by atoms with Crippen LogP contribution in [0.4, 0.5) is 0 Å². The number of fused-ring (bicyclic) bond motifs is 1. The van der Waals surface area contributed by atoms with Crippen LogP contribution in [-0.4, -0.2) is 22.8 Å². The number of methoxy groups -OCH3 is 1. The van der Waals surface area contributed by atoms with Crippen molar-refractivity contribution in [3.63, 3.8) is 0 Å². The highest BCUT2D eigenvalue weighted by atomic mass is 16.5. The van der Waals surface area contributed by atoms with Gasteiger partial charge in [-0.15, -0.1) is 0 Å². The summed E-state index contributed by atoms with van der Waals surface area (Å²) >= 11 is 0. The third-order valence-corrected chi connectivity index (χ3v) is 3.47. The van der Waals surface area contributed by atoms with E-state index in [-0.39, 0.29) is 0 Å². The number of carboxylic acids is 1. The summed E-state index contributed by atoms with van der Waals surface area (Å²) in [6, 6.07) is 4.58. The number of rotatable bonds is 4. The molecule has 0 aliphatic rings. The van der Waals surface area contributed by atoms with Crippen molar-refractivity contribution in [2.24, 2.45) is 5.73 Å². The summed E-state index contributed by atoms with van der Waals surface area (Å²) in [5.74, 6) is -0.274. The molecule has 0 saturated carbocycles. The zero-order valence-corrected chi connectivity index (χ0v) is 11.3. The van der Waals surface area contributed by atoms with Gasteiger partial charge in [-0.3, -0.25) is 4.79 Å². The number of aliphatic carboxylic acids is 1. The number of nitrogens with zero attached hydrogens (tertiary/aromatic N) is 1. The van der Waals surface area contributed by atoms with Crippen LogP contribution in [0.1, 0.15) is 24.2 Å². The zero-order chi connectivity index (χ0) is 14.2. The molecule has 0 saturated heterocycles. The third-order valence-electron chi connectivity index (χ3n) is 3.47. The third kappa shape index (κ3) is 2.06. The van der Waals surface area contributed by atoms with Gasteiger partial charge in [0, 0.05) is 29.3 Å². The molecule has 3 N–H and O–H groups in total. The molecule has 0 fully saturated rings. The van der Waals surface area contributed by atoms with E-state index in [0.29, 0.717) is 5.56 Å². The van der Waals surface area contributed by atoms with Crippen LogP contribution in [0.15, 0.2) is 18.2 Å². The van der Waals surface area contributed by atoms with Crippen molar-refractivity contribution in [2.75, 3.05) is 7.11 Å². The van der Waals surface area contributed by atoms with Gasteiger partial charge < -0.3 is 20.1 Å². The van der Waals surface area contributed by atoms with E-state index in [2.05, 4.69) is 4.57 Å². The van der Waals surface area contributed by atoms with Crippen molar-refractivity contribution in [1.82, 2.24) is 4.57 Å². The van der Waals surface area contributed by atoms with Gasteiger partial charge in [-0.05, 0) is 26.0 Å². The van der Waals surface area contributed by atoms with Crippen molar-refractivity contribution in [3.05, 3.63) is 29.5 Å². The van der Waals surface area contributed by atoms with Crippen LogP contribution < -0.4 is 10.5 Å². The Bertz CT molecular complexity index is 631. The Morgan fingerprint density at radius 2 is 2.21 bits per heavy atom. The molecule has 0 spiro atoms. The molecule has 2 rings (SSSR count). The number of carbonyl (C=O) groups is 1. The van der Waals surface area contributed by atoms with Gasteiger partial charge in [-0.2, -0.15) is 0 Å². The standard InChI is InChI=1S/C14H18N2O3/c1-4-16-8(2)12(13(15)14(17)18)10-6-5-9(19-3)7-11(10)16/h5-7,13H,4,15H2,1-3H3,(H,17,18). The maximum atomic E-state index is 11.2. The highest BCUT2D eigenvalue weighted by Gasteiger charge is 2.23. The molecule has 1 unspecified atom stereocenters. The lowest BCUT2D eigenvalue weighted by atomic mass is 10.0. The largest absolute Gasteiger partial charge is 0.497 e. The van der Waals surface area contributed by atoms with E-state index in [1.54, 1.807) is 7.11 Å². The van der Waals surface area contributed by atoms with E-state index in [0.717, 1.165) is 28.9 Å². The SMILES string of the molecule is CCn1c(C)c(C(N)C(=O)O)c2ccc(OC)cc21. The van der Waals surface area contributed by atoms with Gasteiger partial charge in [0.15, 0.2) is 0 Å². The Kier molecular flexibility index (Phi) is 3.48. The number of hydrogen-bond donors (Lipinski definition) is 2. The lowest BCUT2D eigenvalue weighted by molar-refractivity contribution is -0.138. The van der Waals surface area contributed by atoms with Crippen molar-refractivity contribution in [3.8, 4) is 5.75 Å². The Morgan fingerprint density at radius 3 is 2.74 bits per heavy atom. The van der Waals surface area contributed by atoms with E-state index >= 15 is 0 Å². The lowest BCUT2D eigenvalue weighted by Crippen LogP contribution is -2.21. The molecule has 19 heavy (non-hydrogen) atoms. The van der Waals surface area contributed by atoms with E-state index in [1.807, 2.05) is 32.0 Å². The fraction of sp³-hybridized carbons (Fsp3) is 0.357. The molecular formula is C14H18N2O3. The summed E-state index contributed by atoms with van der Waals surface area (Å²) < 4.78 is 7.27. The normalized spacial score (nSPS) is 12.6. The van der Waals surface area contributed by atoms with Crippen molar-refractivity contribution < 1.29 is 14.6 Å². The molecule has 5 heteroatoms. The molecular weight excluding hydrogens is 244 g/mol. The first kappa shape index (κ1) is 13.4. The summed E-state index contributed by atoms with van der Waals surface area (Å²) in [6.45, 7) is 4.66. The first-order valence-corrected chi connectivity index (χ1v) is 6.16. The molecule has 0 aliphatic carbocycles. The molecule has 5 nitrogen and oxygen atoms in total. The number of aryl methyl sites for hydroxylation is 1. The van der Waals surface area contributed by atoms with Crippen LogP contribution >= 0.6 is 0 Å². The number of aromatic nitrogens is 1. The van der Waals surface area contributed by atoms with Crippen molar-refractivity contribution >= 4 is 16.9 Å². The van der Waals surface area contributed by atoms with Gasteiger partial charge in [0.25, 0.3) is 0 Å². The number of carboxylic acid groups (broad SMARTS) is 1. The molecule has 1 heterocycles. The van der Waals surface area contributed by atoms with Crippen LogP contribution in [0.25, 0.3) is 10.9 Å². The molecule has 1 aromatic heterocycles. The second-order valence-corrected chi connectivity index (χ2v) is 4.44. The molecule has 0 radical (unpaired) electrons. The van der Waals surface area contributed by atoms with E-state index in [1.165, 1.54) is 0 Å². The average Bonchev–Trinajstić information content (AvgIpc) is 2.68. The van der Waals surface area contributed by atoms with E-state index in [4.69, 9.17) is 15.6 Å². The number of ether oxygens (including phenoxy) is 1. The summed E-state index contributed by atoms with van der Waals surface area (Å²) in [4.78, 5) is 11.2. The monoisotopic (exact) mass is 262 g/mol. The number of nitrogens with two attached hydrogens (primary N) is 1. The Morgan fingerprint density at radius 1 is 1.53 bits per heavy atom. The summed E-state index contributed by atoms with van der Waals surface area (Å²) in [5, 5.41) is 10.0. The summed E-state index contributed by atoms with van der Waals surface area (Å²) in [5.41, 5.74) is 8.31. The second kappa shape index (κ2) is 4.93. The smallest absolute Gasteiger partial charge is 0.325 e. The summed E-state index contributed by atoms with van der Waals surface area (Å²) in [7, 11) is 1.61. The van der Waals surface area contributed by atoms with Crippen molar-refractivity contribution in [2.45, 2.75) is 26.4 Å². The maximum Gasteiger partial charge on any atom is 0.325 e. The van der Waals surface area contributed by atoms with Crippen LogP contribution in [-0.2, 0) is 11.3 Å². The predicted molar refractivity (Wildman–Crippen MR) is 73.5 cm³/mol. The lowest BCUT2D eigenvalue weighted by Gasteiger charge is -2.08. The topological polar surface area (TPSA) is 77.5 Å². The Balaban J connectivity index is 2.77. The van der Waals surface area contributed by atoms with E-state index < -0.39 is 12.0 Å². The molecule has 2 aromatic rings. The number of hydrogen-bond acceptors (Lipinski definition) is 3. The van der Waals surface area contributed by atoms with Crippen molar-refractivity contribution in [1.29, 1.82) is 0 Å². The predicted octanol–water partition coefficient (Wildman–Crippen LogP) is 2.06. The minimum atomic E-state index is -1.02.